The zero-order valence-corrected chi connectivity index (χ0v) is 15.0. The first-order chi connectivity index (χ1) is 12.2. The van der Waals surface area contributed by atoms with Crippen molar-refractivity contribution in [1.82, 2.24) is 25.1 Å². The van der Waals surface area contributed by atoms with E-state index in [1.165, 1.54) is 6.33 Å². The van der Waals surface area contributed by atoms with Crippen LogP contribution in [0.5, 0.6) is 0 Å². The summed E-state index contributed by atoms with van der Waals surface area (Å²) in [5, 5.41) is 11.1. The van der Waals surface area contributed by atoms with E-state index in [0.717, 1.165) is 28.6 Å². The minimum atomic E-state index is 0.0609. The lowest BCUT2D eigenvalue weighted by molar-refractivity contribution is 0.0730. The van der Waals surface area contributed by atoms with Crippen LogP contribution in [-0.4, -0.2) is 37.1 Å². The van der Waals surface area contributed by atoms with E-state index >= 15 is 0 Å². The van der Waals surface area contributed by atoms with Crippen molar-refractivity contribution in [1.29, 1.82) is 0 Å². The summed E-state index contributed by atoms with van der Waals surface area (Å²) >= 11 is 3.49. The molecule has 0 N–H and O–H groups in total. The zero-order chi connectivity index (χ0) is 17.2. The van der Waals surface area contributed by atoms with Gasteiger partial charge in [-0.2, -0.15) is 0 Å². The van der Waals surface area contributed by atoms with Crippen molar-refractivity contribution in [3.05, 3.63) is 70.5 Å². The van der Waals surface area contributed by atoms with Crippen molar-refractivity contribution in [2.75, 3.05) is 0 Å². The lowest BCUT2D eigenvalue weighted by atomic mass is 10.1. The SMILES string of the molecule is O=C(c1ccc(-n2cnnn2)cc1)N(Cc1cccc(Br)c1)C1CC1. The van der Waals surface area contributed by atoms with Gasteiger partial charge in [0.25, 0.3) is 5.91 Å². The van der Waals surface area contributed by atoms with Crippen LogP contribution in [0.2, 0.25) is 0 Å². The van der Waals surface area contributed by atoms with E-state index in [-0.39, 0.29) is 5.91 Å². The number of tetrazole rings is 1. The average Bonchev–Trinajstić information content (AvgIpc) is 3.32. The predicted molar refractivity (Wildman–Crippen MR) is 96.2 cm³/mol. The molecule has 1 heterocycles. The first kappa shape index (κ1) is 16.0. The van der Waals surface area contributed by atoms with Crippen molar-refractivity contribution in [3.8, 4) is 5.69 Å². The maximum absolute atomic E-state index is 13.0. The fourth-order valence-corrected chi connectivity index (χ4v) is 3.23. The third-order valence-electron chi connectivity index (χ3n) is 4.22. The Morgan fingerprint density at radius 3 is 2.64 bits per heavy atom. The maximum Gasteiger partial charge on any atom is 0.254 e. The van der Waals surface area contributed by atoms with Crippen LogP contribution in [0.3, 0.4) is 0 Å². The number of rotatable bonds is 5. The van der Waals surface area contributed by atoms with Crippen LogP contribution in [0.25, 0.3) is 5.69 Å². The van der Waals surface area contributed by atoms with Crippen LogP contribution in [0.4, 0.5) is 0 Å². The summed E-state index contributed by atoms with van der Waals surface area (Å²) in [6.45, 7) is 0.623. The van der Waals surface area contributed by atoms with E-state index in [1.807, 2.05) is 47.4 Å². The number of halogens is 1. The molecule has 1 fully saturated rings. The number of carbonyl (C=O) groups is 1. The molecule has 0 unspecified atom stereocenters. The molecule has 3 aromatic rings. The van der Waals surface area contributed by atoms with Gasteiger partial charge in [-0.1, -0.05) is 28.1 Å². The highest BCUT2D eigenvalue weighted by Gasteiger charge is 2.33. The van der Waals surface area contributed by atoms with Crippen LogP contribution in [0.1, 0.15) is 28.8 Å². The second kappa shape index (κ2) is 6.76. The number of aromatic nitrogens is 4. The van der Waals surface area contributed by atoms with Crippen LogP contribution in [0, 0.1) is 0 Å². The minimum Gasteiger partial charge on any atom is -0.331 e. The molecular formula is C18H16BrN5O. The third kappa shape index (κ3) is 3.61. The molecular weight excluding hydrogens is 382 g/mol. The second-order valence-corrected chi connectivity index (χ2v) is 7.01. The first-order valence-electron chi connectivity index (χ1n) is 8.09. The van der Waals surface area contributed by atoms with Gasteiger partial charge >= 0.3 is 0 Å². The summed E-state index contributed by atoms with van der Waals surface area (Å²) in [4.78, 5) is 14.9. The summed E-state index contributed by atoms with van der Waals surface area (Å²) in [6, 6.07) is 15.8. The Kier molecular flexibility index (Phi) is 4.31. The molecule has 6 nitrogen and oxygen atoms in total. The van der Waals surface area contributed by atoms with Gasteiger partial charge in [-0.3, -0.25) is 4.79 Å². The fourth-order valence-electron chi connectivity index (χ4n) is 2.79. The van der Waals surface area contributed by atoms with Crippen LogP contribution in [0.15, 0.2) is 59.3 Å². The van der Waals surface area contributed by atoms with Gasteiger partial charge in [-0.05, 0) is 65.2 Å². The molecule has 0 atom stereocenters. The van der Waals surface area contributed by atoms with E-state index in [9.17, 15) is 4.79 Å². The Morgan fingerprint density at radius 1 is 1.20 bits per heavy atom. The Hall–Kier alpha value is -2.54. The summed E-state index contributed by atoms with van der Waals surface area (Å²) in [5.74, 6) is 0.0609. The highest BCUT2D eigenvalue weighted by molar-refractivity contribution is 9.10. The second-order valence-electron chi connectivity index (χ2n) is 6.10. The third-order valence-corrected chi connectivity index (χ3v) is 4.71. The number of nitrogens with zero attached hydrogens (tertiary/aromatic N) is 5. The Morgan fingerprint density at radius 2 is 2.00 bits per heavy atom. The molecule has 1 amide bonds. The fraction of sp³-hybridized carbons (Fsp3) is 0.222. The molecule has 4 rings (SSSR count). The molecule has 0 spiro atoms. The van der Waals surface area contributed by atoms with Gasteiger partial charge in [-0.25, -0.2) is 4.68 Å². The Balaban J connectivity index is 1.54. The van der Waals surface area contributed by atoms with E-state index in [1.54, 1.807) is 4.68 Å². The number of hydrogen-bond donors (Lipinski definition) is 0. The van der Waals surface area contributed by atoms with Crippen molar-refractivity contribution >= 4 is 21.8 Å². The summed E-state index contributed by atoms with van der Waals surface area (Å²) in [6.07, 6.45) is 3.67. The molecule has 0 aliphatic heterocycles. The standard InChI is InChI=1S/C18H16BrN5O/c19-15-3-1-2-13(10-15)11-23(16-8-9-16)18(25)14-4-6-17(7-5-14)24-12-20-21-22-24/h1-7,10,12,16H,8-9,11H2. The van der Waals surface area contributed by atoms with Crippen molar-refractivity contribution in [2.24, 2.45) is 0 Å². The average molecular weight is 398 g/mol. The Bertz CT molecular complexity index is 875. The van der Waals surface area contributed by atoms with E-state index < -0.39 is 0 Å². The van der Waals surface area contributed by atoms with Crippen molar-refractivity contribution in [3.63, 3.8) is 0 Å². The molecule has 2 aromatic carbocycles. The molecule has 1 aliphatic rings. The Labute approximate surface area is 153 Å². The molecule has 0 saturated heterocycles. The van der Waals surface area contributed by atoms with Gasteiger partial charge in [-0.15, -0.1) is 5.10 Å². The lowest BCUT2D eigenvalue weighted by Crippen LogP contribution is -2.32. The number of benzene rings is 2. The molecule has 126 valence electrons. The summed E-state index contributed by atoms with van der Waals surface area (Å²) in [5.41, 5.74) is 2.63. The number of carbonyl (C=O) groups excluding carboxylic acids is 1. The predicted octanol–water partition coefficient (Wildman–Crippen LogP) is 3.23. The highest BCUT2D eigenvalue weighted by atomic mass is 79.9. The normalized spacial score (nSPS) is 13.6. The zero-order valence-electron chi connectivity index (χ0n) is 13.4. The van der Waals surface area contributed by atoms with Crippen molar-refractivity contribution < 1.29 is 4.79 Å². The molecule has 0 bridgehead atoms. The smallest absolute Gasteiger partial charge is 0.254 e. The van der Waals surface area contributed by atoms with Gasteiger partial charge in [0.05, 0.1) is 5.69 Å². The lowest BCUT2D eigenvalue weighted by Gasteiger charge is -2.23. The van der Waals surface area contributed by atoms with Gasteiger partial charge < -0.3 is 4.90 Å². The molecule has 7 heteroatoms. The van der Waals surface area contributed by atoms with E-state index in [4.69, 9.17) is 0 Å². The van der Waals surface area contributed by atoms with E-state index in [2.05, 4.69) is 37.5 Å². The molecule has 0 radical (unpaired) electrons. The van der Waals surface area contributed by atoms with Crippen LogP contribution in [-0.2, 0) is 6.54 Å². The minimum absolute atomic E-state index is 0.0609. The summed E-state index contributed by atoms with van der Waals surface area (Å²) < 4.78 is 2.59. The van der Waals surface area contributed by atoms with Crippen molar-refractivity contribution in [2.45, 2.75) is 25.4 Å². The van der Waals surface area contributed by atoms with Crippen LogP contribution < -0.4 is 0 Å². The maximum atomic E-state index is 13.0. The van der Waals surface area contributed by atoms with E-state index in [0.29, 0.717) is 18.2 Å². The van der Waals surface area contributed by atoms with Gasteiger partial charge in [0.2, 0.25) is 0 Å². The monoisotopic (exact) mass is 397 g/mol. The van der Waals surface area contributed by atoms with Gasteiger partial charge in [0, 0.05) is 22.6 Å². The largest absolute Gasteiger partial charge is 0.331 e. The molecule has 1 aliphatic carbocycles. The molecule has 1 saturated carbocycles. The first-order valence-corrected chi connectivity index (χ1v) is 8.89. The quantitative estimate of drug-likeness (QED) is 0.662. The summed E-state index contributed by atoms with van der Waals surface area (Å²) in [7, 11) is 0. The number of amides is 1. The van der Waals surface area contributed by atoms with Gasteiger partial charge in [0.15, 0.2) is 0 Å². The van der Waals surface area contributed by atoms with Crippen LogP contribution >= 0.6 is 15.9 Å². The molecule has 1 aromatic heterocycles. The highest BCUT2D eigenvalue weighted by Crippen LogP contribution is 2.30. The van der Waals surface area contributed by atoms with Gasteiger partial charge in [0.1, 0.15) is 6.33 Å². The number of hydrogen-bond acceptors (Lipinski definition) is 4. The topological polar surface area (TPSA) is 63.9 Å². The molecule has 25 heavy (non-hydrogen) atoms.